The molecule has 0 aliphatic heterocycles. The molecule has 0 aromatic carbocycles. The Morgan fingerprint density at radius 2 is 1.44 bits per heavy atom. The lowest BCUT2D eigenvalue weighted by atomic mass is 9.92. The van der Waals surface area contributed by atoms with E-state index in [2.05, 4.69) is 4.57 Å². The Labute approximate surface area is 107 Å². The highest BCUT2D eigenvalue weighted by molar-refractivity contribution is 4.85. The molecule has 1 N–H and O–H groups in total. The molecule has 0 spiro atoms. The average molecular weight is 278 g/mol. The largest absolute Gasteiger partial charge is 0.386 e. The van der Waals surface area contributed by atoms with Gasteiger partial charge in [0.2, 0.25) is 0 Å². The molecule has 0 radical (unpaired) electrons. The SMILES string of the molecule is OC1CCCCC1[n+]1ccccc1.[O-][Cl+3]([O-])([O-])[O-]. The number of hydrogen-bond donors (Lipinski definition) is 1. The monoisotopic (exact) mass is 277 g/mol. The van der Waals surface area contributed by atoms with Gasteiger partial charge >= 0.3 is 0 Å². The van der Waals surface area contributed by atoms with Crippen molar-refractivity contribution in [2.75, 3.05) is 0 Å². The van der Waals surface area contributed by atoms with E-state index in [0.717, 1.165) is 12.8 Å². The maximum Gasteiger partial charge on any atom is 0.183 e. The highest BCUT2D eigenvalue weighted by Crippen LogP contribution is 2.23. The third-order valence-electron chi connectivity index (χ3n) is 2.82. The molecule has 2 atom stereocenters. The fourth-order valence-corrected chi connectivity index (χ4v) is 2.07. The van der Waals surface area contributed by atoms with Crippen LogP contribution in [0.15, 0.2) is 30.6 Å². The topological polar surface area (TPSA) is 116 Å². The molecular formula is C11H16ClNO5. The van der Waals surface area contributed by atoms with E-state index in [4.69, 9.17) is 18.6 Å². The van der Waals surface area contributed by atoms with Gasteiger partial charge in [-0.05, 0) is 12.8 Å². The van der Waals surface area contributed by atoms with Gasteiger partial charge in [0.15, 0.2) is 18.4 Å². The molecule has 18 heavy (non-hydrogen) atoms. The van der Waals surface area contributed by atoms with Crippen molar-refractivity contribution in [3.63, 3.8) is 0 Å². The second-order valence-electron chi connectivity index (χ2n) is 4.12. The number of aromatic nitrogens is 1. The Kier molecular flexibility index (Phi) is 5.94. The van der Waals surface area contributed by atoms with Gasteiger partial charge in [0.05, 0.1) is 0 Å². The Morgan fingerprint density at radius 1 is 0.944 bits per heavy atom. The Morgan fingerprint density at radius 3 is 1.94 bits per heavy atom. The van der Waals surface area contributed by atoms with Crippen LogP contribution in [0.4, 0.5) is 0 Å². The van der Waals surface area contributed by atoms with Crippen LogP contribution in [-0.2, 0) is 0 Å². The first-order chi connectivity index (χ1) is 8.38. The van der Waals surface area contributed by atoms with E-state index in [0.29, 0.717) is 6.04 Å². The molecule has 0 amide bonds. The predicted octanol–water partition coefficient (Wildman–Crippen LogP) is -3.31. The number of nitrogens with zero attached hydrogens (tertiary/aromatic N) is 1. The van der Waals surface area contributed by atoms with Gasteiger partial charge in [-0.2, -0.15) is 4.57 Å². The lowest BCUT2D eigenvalue weighted by Gasteiger charge is -2.22. The summed E-state index contributed by atoms with van der Waals surface area (Å²) in [5.74, 6) is 0. The van der Waals surface area contributed by atoms with Crippen LogP contribution in [0.25, 0.3) is 0 Å². The highest BCUT2D eigenvalue weighted by atomic mass is 35.7. The van der Waals surface area contributed by atoms with Crippen LogP contribution in [-0.4, -0.2) is 11.2 Å². The van der Waals surface area contributed by atoms with E-state index in [1.165, 1.54) is 12.8 Å². The van der Waals surface area contributed by atoms with E-state index in [1.807, 2.05) is 30.6 Å². The van der Waals surface area contributed by atoms with Crippen LogP contribution in [0.5, 0.6) is 0 Å². The van der Waals surface area contributed by atoms with Crippen LogP contribution in [0, 0.1) is 10.2 Å². The highest BCUT2D eigenvalue weighted by Gasteiger charge is 2.29. The number of aliphatic hydroxyl groups is 1. The van der Waals surface area contributed by atoms with Crippen molar-refractivity contribution < 1.29 is 38.6 Å². The third-order valence-corrected chi connectivity index (χ3v) is 2.82. The van der Waals surface area contributed by atoms with Crippen LogP contribution in [0.3, 0.4) is 0 Å². The fourth-order valence-electron chi connectivity index (χ4n) is 2.07. The zero-order chi connectivity index (χ0) is 13.6. The zero-order valence-corrected chi connectivity index (χ0v) is 10.5. The minimum absolute atomic E-state index is 0.152. The van der Waals surface area contributed by atoms with Gasteiger partial charge in [-0.3, -0.25) is 0 Å². The predicted molar refractivity (Wildman–Crippen MR) is 50.1 cm³/mol. The van der Waals surface area contributed by atoms with Crippen molar-refractivity contribution in [3.05, 3.63) is 30.6 Å². The van der Waals surface area contributed by atoms with Gasteiger partial charge in [0.1, 0.15) is 6.10 Å². The molecule has 1 fully saturated rings. The van der Waals surface area contributed by atoms with Gasteiger partial charge in [0, 0.05) is 18.6 Å². The summed E-state index contributed by atoms with van der Waals surface area (Å²) in [7, 11) is -4.94. The van der Waals surface area contributed by atoms with Crippen LogP contribution < -0.4 is 23.2 Å². The summed E-state index contributed by atoms with van der Waals surface area (Å²) in [6, 6.07) is 6.34. The van der Waals surface area contributed by atoms with E-state index in [1.54, 1.807) is 0 Å². The van der Waals surface area contributed by atoms with Gasteiger partial charge in [-0.15, -0.1) is 10.2 Å². The molecule has 2 rings (SSSR count). The minimum atomic E-state index is -4.94. The van der Waals surface area contributed by atoms with Crippen molar-refractivity contribution in [1.82, 2.24) is 0 Å². The number of aliphatic hydroxyl groups excluding tert-OH is 1. The zero-order valence-electron chi connectivity index (χ0n) is 9.78. The number of rotatable bonds is 1. The van der Waals surface area contributed by atoms with Crippen molar-refractivity contribution in [3.8, 4) is 0 Å². The van der Waals surface area contributed by atoms with Gasteiger partial charge in [-0.25, -0.2) is 18.6 Å². The summed E-state index contributed by atoms with van der Waals surface area (Å²) in [6.45, 7) is 0. The summed E-state index contributed by atoms with van der Waals surface area (Å²) in [4.78, 5) is 0. The number of hydrogen-bond acceptors (Lipinski definition) is 5. The van der Waals surface area contributed by atoms with E-state index in [9.17, 15) is 5.11 Å². The molecular weight excluding hydrogens is 262 g/mol. The summed E-state index contributed by atoms with van der Waals surface area (Å²) in [6.07, 6.45) is 8.40. The maximum atomic E-state index is 9.80. The lowest BCUT2D eigenvalue weighted by molar-refractivity contribution is -2.00. The first-order valence-electron chi connectivity index (χ1n) is 5.63. The van der Waals surface area contributed by atoms with Crippen LogP contribution in [0.2, 0.25) is 0 Å². The smallest absolute Gasteiger partial charge is 0.183 e. The summed E-state index contributed by atoms with van der Waals surface area (Å²) in [5.41, 5.74) is 0. The van der Waals surface area contributed by atoms with Gasteiger partial charge < -0.3 is 5.11 Å². The Bertz CT molecular complexity index is 337. The fraction of sp³-hybridized carbons (Fsp3) is 0.545. The molecule has 1 aromatic rings. The first kappa shape index (κ1) is 15.3. The number of pyridine rings is 1. The molecule has 1 heterocycles. The van der Waals surface area contributed by atoms with E-state index < -0.39 is 10.2 Å². The van der Waals surface area contributed by atoms with Crippen molar-refractivity contribution in [1.29, 1.82) is 0 Å². The van der Waals surface area contributed by atoms with Crippen molar-refractivity contribution in [2.45, 2.75) is 37.8 Å². The third kappa shape index (κ3) is 6.25. The quantitative estimate of drug-likeness (QED) is 0.540. The first-order valence-corrected chi connectivity index (χ1v) is 6.87. The van der Waals surface area contributed by atoms with E-state index in [-0.39, 0.29) is 6.10 Å². The lowest BCUT2D eigenvalue weighted by Crippen LogP contribution is -2.68. The second kappa shape index (κ2) is 6.98. The molecule has 102 valence electrons. The standard InChI is InChI=1S/C11H16NO.ClHO4/c13-11-7-3-2-6-10(11)12-8-4-1-5-9-12;2-1(3,4)5/h1,4-5,8-11,13H,2-3,6-7H2;(H,2,3,4,5)/q+1;/p-1. The molecule has 6 nitrogen and oxygen atoms in total. The minimum Gasteiger partial charge on any atom is -0.386 e. The molecule has 7 heteroatoms. The molecule has 1 aliphatic rings. The van der Waals surface area contributed by atoms with Crippen LogP contribution in [0.1, 0.15) is 31.7 Å². The van der Waals surface area contributed by atoms with E-state index >= 15 is 0 Å². The average Bonchev–Trinajstić information content (AvgIpc) is 2.29. The number of halogens is 1. The second-order valence-corrected chi connectivity index (χ2v) is 4.88. The summed E-state index contributed by atoms with van der Waals surface area (Å²) < 4.78 is 36.1. The molecule has 2 unspecified atom stereocenters. The Hall–Kier alpha value is -0.760. The summed E-state index contributed by atoms with van der Waals surface area (Å²) >= 11 is 0. The van der Waals surface area contributed by atoms with Crippen molar-refractivity contribution in [2.24, 2.45) is 0 Å². The Balaban J connectivity index is 0.000000280. The normalized spacial score (nSPS) is 24.1. The van der Waals surface area contributed by atoms with Crippen molar-refractivity contribution >= 4 is 0 Å². The molecule has 0 bridgehead atoms. The van der Waals surface area contributed by atoms with Crippen LogP contribution >= 0.6 is 0 Å². The molecule has 0 saturated heterocycles. The van der Waals surface area contributed by atoms with Gasteiger partial charge in [-0.1, -0.05) is 12.5 Å². The summed E-state index contributed by atoms with van der Waals surface area (Å²) in [5, 5.41) is 9.80. The van der Waals surface area contributed by atoms with Gasteiger partial charge in [0.25, 0.3) is 0 Å². The molecule has 1 saturated carbocycles. The maximum absolute atomic E-state index is 9.80. The molecule has 1 aliphatic carbocycles. The molecule has 1 aromatic heterocycles.